The molecule has 2 bridgehead atoms. The second-order valence-electron chi connectivity index (χ2n) is 3.05. The molecule has 0 aliphatic carbocycles. The Morgan fingerprint density at radius 1 is 1.64 bits per heavy atom. The number of aromatic nitrogens is 2. The van der Waals surface area contributed by atoms with E-state index < -0.39 is 0 Å². The van der Waals surface area contributed by atoms with Crippen LogP contribution >= 0.6 is 12.4 Å². The fraction of sp³-hybridized carbons (Fsp3) is 0.571. The predicted molar refractivity (Wildman–Crippen MR) is 43.9 cm³/mol. The highest BCUT2D eigenvalue weighted by atomic mass is 35.5. The first-order chi connectivity index (χ1) is 4.95. The minimum absolute atomic E-state index is 0. The van der Waals surface area contributed by atoms with Crippen LogP contribution in [0.15, 0.2) is 12.3 Å². The molecule has 2 aliphatic rings. The van der Waals surface area contributed by atoms with Gasteiger partial charge < -0.3 is 5.32 Å². The van der Waals surface area contributed by atoms with Crippen molar-refractivity contribution < 1.29 is 0 Å². The number of fused-ring (bicyclic) bond motifs is 5. The van der Waals surface area contributed by atoms with Gasteiger partial charge >= 0.3 is 0 Å². The van der Waals surface area contributed by atoms with Gasteiger partial charge in [0, 0.05) is 12.7 Å². The quantitative estimate of drug-likeness (QED) is 0.629. The number of hydrogen-bond donors (Lipinski definition) is 1. The fourth-order valence-electron chi connectivity index (χ4n) is 2.03. The van der Waals surface area contributed by atoms with E-state index in [4.69, 9.17) is 0 Å². The second kappa shape index (κ2) is 2.22. The Balaban J connectivity index is 0.000000480. The summed E-state index contributed by atoms with van der Waals surface area (Å²) < 4.78 is 2.15. The zero-order valence-corrected chi connectivity index (χ0v) is 6.84. The summed E-state index contributed by atoms with van der Waals surface area (Å²) in [5, 5.41) is 7.69. The third kappa shape index (κ3) is 0.752. The molecule has 2 aliphatic heterocycles. The zero-order chi connectivity index (χ0) is 6.55. The van der Waals surface area contributed by atoms with Crippen LogP contribution in [0, 0.1) is 0 Å². The molecular weight excluding hydrogens is 162 g/mol. The highest BCUT2D eigenvalue weighted by Crippen LogP contribution is 2.37. The Hall–Kier alpha value is -0.540. The van der Waals surface area contributed by atoms with Gasteiger partial charge in [0.2, 0.25) is 0 Å². The number of rotatable bonds is 0. The van der Waals surface area contributed by atoms with Crippen molar-refractivity contribution in [3.8, 4) is 0 Å². The molecule has 0 unspecified atom stereocenters. The molecule has 3 heterocycles. The number of halogens is 1. The molecule has 1 fully saturated rings. The van der Waals surface area contributed by atoms with Crippen molar-refractivity contribution in [2.45, 2.75) is 18.5 Å². The molecule has 2 atom stereocenters. The lowest BCUT2D eigenvalue weighted by Gasteiger charge is -2.13. The monoisotopic (exact) mass is 171 g/mol. The van der Waals surface area contributed by atoms with Crippen LogP contribution in [0.5, 0.6) is 0 Å². The lowest BCUT2D eigenvalue weighted by Crippen LogP contribution is -2.23. The Bertz CT molecular complexity index is 246. The van der Waals surface area contributed by atoms with Gasteiger partial charge in [-0.2, -0.15) is 5.10 Å². The van der Waals surface area contributed by atoms with Crippen molar-refractivity contribution in [1.29, 1.82) is 0 Å². The van der Waals surface area contributed by atoms with Crippen molar-refractivity contribution in [1.82, 2.24) is 15.1 Å². The molecule has 0 radical (unpaired) electrons. The molecular formula is C7H10ClN3. The first-order valence-electron chi connectivity index (χ1n) is 3.72. The van der Waals surface area contributed by atoms with Crippen molar-refractivity contribution in [3.63, 3.8) is 0 Å². The summed E-state index contributed by atoms with van der Waals surface area (Å²) in [5.74, 6) is 0. The standard InChI is InChI=1S/C7H9N3.ClH/c1-2-9-10-5-3-6(7(1)10)8-4-5;/h1-2,5-6,8H,3-4H2;1H/t5-,6-;/m0./s1. The average molecular weight is 172 g/mol. The minimum Gasteiger partial charge on any atom is -0.306 e. The summed E-state index contributed by atoms with van der Waals surface area (Å²) in [6.07, 6.45) is 3.14. The van der Waals surface area contributed by atoms with E-state index in [1.807, 2.05) is 6.20 Å². The first-order valence-corrected chi connectivity index (χ1v) is 3.72. The molecule has 0 aromatic carbocycles. The average Bonchev–Trinajstić information content (AvgIpc) is 2.60. The number of nitrogens with one attached hydrogen (secondary N) is 1. The molecule has 1 aromatic rings. The zero-order valence-electron chi connectivity index (χ0n) is 6.03. The topological polar surface area (TPSA) is 29.9 Å². The van der Waals surface area contributed by atoms with Gasteiger partial charge in [-0.25, -0.2) is 0 Å². The lowest BCUT2D eigenvalue weighted by atomic mass is 10.2. The van der Waals surface area contributed by atoms with E-state index in [0.29, 0.717) is 12.1 Å². The van der Waals surface area contributed by atoms with Crippen molar-refractivity contribution in [2.75, 3.05) is 6.54 Å². The van der Waals surface area contributed by atoms with Crippen LogP contribution in [0.2, 0.25) is 0 Å². The van der Waals surface area contributed by atoms with E-state index >= 15 is 0 Å². The predicted octanol–water partition coefficient (Wildman–Crippen LogP) is 0.894. The smallest absolute Gasteiger partial charge is 0.0666 e. The Morgan fingerprint density at radius 2 is 2.55 bits per heavy atom. The van der Waals surface area contributed by atoms with Gasteiger partial charge in [0.25, 0.3) is 0 Å². The molecule has 60 valence electrons. The van der Waals surface area contributed by atoms with Crippen molar-refractivity contribution in [2.24, 2.45) is 0 Å². The van der Waals surface area contributed by atoms with Crippen LogP contribution in [0.4, 0.5) is 0 Å². The van der Waals surface area contributed by atoms with Crippen molar-refractivity contribution in [3.05, 3.63) is 18.0 Å². The number of nitrogens with zero attached hydrogens (tertiary/aromatic N) is 2. The van der Waals surface area contributed by atoms with Crippen molar-refractivity contribution >= 4 is 12.4 Å². The van der Waals surface area contributed by atoms with Crippen LogP contribution in [0.1, 0.15) is 24.2 Å². The van der Waals surface area contributed by atoms with E-state index in [2.05, 4.69) is 21.2 Å². The highest BCUT2D eigenvalue weighted by molar-refractivity contribution is 5.85. The van der Waals surface area contributed by atoms with E-state index in [-0.39, 0.29) is 12.4 Å². The molecule has 1 N–H and O–H groups in total. The first kappa shape index (κ1) is 7.13. The van der Waals surface area contributed by atoms with Gasteiger partial charge in [0.1, 0.15) is 0 Å². The van der Waals surface area contributed by atoms with Crippen LogP contribution < -0.4 is 5.32 Å². The molecule has 1 saturated heterocycles. The fourth-order valence-corrected chi connectivity index (χ4v) is 2.03. The van der Waals surface area contributed by atoms with Gasteiger partial charge in [0.05, 0.1) is 17.8 Å². The number of hydrogen-bond acceptors (Lipinski definition) is 2. The van der Waals surface area contributed by atoms with Crippen LogP contribution in [-0.2, 0) is 0 Å². The summed E-state index contributed by atoms with van der Waals surface area (Å²) in [6, 6.07) is 3.36. The third-order valence-electron chi connectivity index (χ3n) is 2.51. The van der Waals surface area contributed by atoms with Gasteiger partial charge in [-0.15, -0.1) is 12.4 Å². The van der Waals surface area contributed by atoms with Crippen LogP contribution in [-0.4, -0.2) is 16.3 Å². The van der Waals surface area contributed by atoms with E-state index in [1.165, 1.54) is 12.1 Å². The van der Waals surface area contributed by atoms with Gasteiger partial charge in [0.15, 0.2) is 0 Å². The molecule has 11 heavy (non-hydrogen) atoms. The maximum Gasteiger partial charge on any atom is 0.0666 e. The Morgan fingerprint density at radius 3 is 3.36 bits per heavy atom. The summed E-state index contributed by atoms with van der Waals surface area (Å²) in [5.41, 5.74) is 1.37. The Kier molecular flexibility index (Phi) is 1.44. The molecule has 3 rings (SSSR count). The van der Waals surface area contributed by atoms with E-state index in [0.717, 1.165) is 6.54 Å². The molecule has 3 nitrogen and oxygen atoms in total. The Labute approximate surface area is 71.2 Å². The van der Waals surface area contributed by atoms with Gasteiger partial charge in [-0.05, 0) is 12.5 Å². The van der Waals surface area contributed by atoms with E-state index in [1.54, 1.807) is 0 Å². The summed E-state index contributed by atoms with van der Waals surface area (Å²) >= 11 is 0. The molecule has 0 amide bonds. The summed E-state index contributed by atoms with van der Waals surface area (Å²) in [6.45, 7) is 1.11. The third-order valence-corrected chi connectivity index (χ3v) is 2.51. The van der Waals surface area contributed by atoms with E-state index in [9.17, 15) is 0 Å². The summed E-state index contributed by atoms with van der Waals surface area (Å²) in [4.78, 5) is 0. The SMILES string of the molecule is Cl.c1cc2n(n1)[C@@H]1CN[C@H]2C1. The second-order valence-corrected chi connectivity index (χ2v) is 3.05. The lowest BCUT2D eigenvalue weighted by molar-refractivity contribution is 0.487. The molecule has 4 heteroatoms. The maximum absolute atomic E-state index is 4.26. The molecule has 1 aromatic heterocycles. The highest BCUT2D eigenvalue weighted by Gasteiger charge is 2.36. The minimum atomic E-state index is 0. The molecule has 0 spiro atoms. The van der Waals surface area contributed by atoms with Crippen LogP contribution in [0.25, 0.3) is 0 Å². The van der Waals surface area contributed by atoms with Gasteiger partial charge in [-0.1, -0.05) is 0 Å². The normalized spacial score (nSPS) is 31.6. The summed E-state index contributed by atoms with van der Waals surface area (Å²) in [7, 11) is 0. The largest absolute Gasteiger partial charge is 0.306 e. The molecule has 0 saturated carbocycles. The van der Waals surface area contributed by atoms with Gasteiger partial charge in [-0.3, -0.25) is 4.68 Å². The van der Waals surface area contributed by atoms with Crippen LogP contribution in [0.3, 0.4) is 0 Å². The maximum atomic E-state index is 4.26.